The van der Waals surface area contributed by atoms with Crippen LogP contribution in [0.4, 0.5) is 5.69 Å². The number of imidazole rings is 1. The van der Waals surface area contributed by atoms with Gasteiger partial charge in [0.25, 0.3) is 0 Å². The molecule has 0 amide bonds. The van der Waals surface area contributed by atoms with Gasteiger partial charge in [-0.3, -0.25) is 4.79 Å². The molecular weight excluding hydrogens is 206 g/mol. The molecule has 16 heavy (non-hydrogen) atoms. The molecule has 0 aliphatic carbocycles. The Labute approximate surface area is 92.9 Å². The Bertz CT molecular complexity index is 531. The first-order valence-corrected chi connectivity index (χ1v) is 4.93. The minimum absolute atomic E-state index is 0.0114. The molecule has 2 rings (SSSR count). The van der Waals surface area contributed by atoms with Gasteiger partial charge in [-0.15, -0.1) is 0 Å². The maximum Gasteiger partial charge on any atom is 0.309 e. The average molecular weight is 219 g/mol. The van der Waals surface area contributed by atoms with Crippen LogP contribution in [-0.2, 0) is 11.2 Å². The van der Waals surface area contributed by atoms with E-state index in [-0.39, 0.29) is 6.42 Å². The summed E-state index contributed by atoms with van der Waals surface area (Å²) < 4.78 is 1.79. The molecule has 5 nitrogen and oxygen atoms in total. The van der Waals surface area contributed by atoms with Gasteiger partial charge >= 0.3 is 5.97 Å². The summed E-state index contributed by atoms with van der Waals surface area (Å²) in [5.41, 5.74) is 2.50. The van der Waals surface area contributed by atoms with Crippen LogP contribution in [0.25, 0.3) is 5.65 Å². The van der Waals surface area contributed by atoms with Crippen molar-refractivity contribution in [1.29, 1.82) is 0 Å². The number of carboxylic acids is 1. The highest BCUT2D eigenvalue weighted by atomic mass is 16.4. The molecule has 0 bridgehead atoms. The summed E-state index contributed by atoms with van der Waals surface area (Å²) in [4.78, 5) is 16.8. The summed E-state index contributed by atoms with van der Waals surface area (Å²) in [5, 5.41) is 8.74. The second-order valence-electron chi connectivity index (χ2n) is 3.83. The Morgan fingerprint density at radius 1 is 1.56 bits per heavy atom. The average Bonchev–Trinajstić information content (AvgIpc) is 2.60. The SMILES string of the molecule is CN(C)c1ccn2c(CC(=O)O)cnc2c1. The number of hydrogen-bond acceptors (Lipinski definition) is 3. The molecule has 0 radical (unpaired) electrons. The predicted octanol–water partition coefficient (Wildman–Crippen LogP) is 1.03. The highest BCUT2D eigenvalue weighted by Crippen LogP contribution is 2.15. The molecule has 0 atom stereocenters. The summed E-state index contributed by atoms with van der Waals surface area (Å²) in [5.74, 6) is -0.849. The molecule has 0 aliphatic rings. The number of pyridine rings is 1. The number of fused-ring (bicyclic) bond motifs is 1. The van der Waals surface area contributed by atoms with Crippen molar-refractivity contribution in [3.05, 3.63) is 30.2 Å². The number of aliphatic carboxylic acids is 1. The Morgan fingerprint density at radius 2 is 2.31 bits per heavy atom. The van der Waals surface area contributed by atoms with E-state index in [1.807, 2.05) is 37.3 Å². The normalized spacial score (nSPS) is 10.6. The highest BCUT2D eigenvalue weighted by molar-refractivity contribution is 5.70. The molecule has 0 saturated heterocycles. The molecule has 2 aromatic rings. The van der Waals surface area contributed by atoms with E-state index in [0.717, 1.165) is 11.3 Å². The summed E-state index contributed by atoms with van der Waals surface area (Å²) in [6.07, 6.45) is 3.43. The van der Waals surface area contributed by atoms with Gasteiger partial charge < -0.3 is 14.4 Å². The number of nitrogens with zero attached hydrogens (tertiary/aromatic N) is 3. The Hall–Kier alpha value is -2.04. The fraction of sp³-hybridized carbons (Fsp3) is 0.273. The summed E-state index contributed by atoms with van der Waals surface area (Å²) in [6, 6.07) is 3.85. The van der Waals surface area contributed by atoms with Crippen LogP contribution in [0.3, 0.4) is 0 Å². The molecular formula is C11H13N3O2. The lowest BCUT2D eigenvalue weighted by atomic mass is 10.3. The molecule has 0 saturated carbocycles. The van der Waals surface area contributed by atoms with Crippen LogP contribution in [0.5, 0.6) is 0 Å². The number of aromatic nitrogens is 2. The van der Waals surface area contributed by atoms with Crippen molar-refractivity contribution in [1.82, 2.24) is 9.38 Å². The van der Waals surface area contributed by atoms with E-state index in [2.05, 4.69) is 4.98 Å². The molecule has 84 valence electrons. The Kier molecular flexibility index (Phi) is 2.52. The molecule has 0 aromatic carbocycles. The van der Waals surface area contributed by atoms with Crippen molar-refractivity contribution >= 4 is 17.3 Å². The van der Waals surface area contributed by atoms with Crippen molar-refractivity contribution < 1.29 is 9.90 Å². The standard InChI is InChI=1S/C11H13N3O2/c1-13(2)8-3-4-14-9(6-11(15)16)7-12-10(14)5-8/h3-5,7H,6H2,1-2H3,(H,15,16). The molecule has 1 N–H and O–H groups in total. The summed E-state index contributed by atoms with van der Waals surface area (Å²) in [6.45, 7) is 0. The van der Waals surface area contributed by atoms with Crippen LogP contribution in [-0.4, -0.2) is 34.6 Å². The molecule has 2 aromatic heterocycles. The van der Waals surface area contributed by atoms with Gasteiger partial charge in [-0.05, 0) is 6.07 Å². The van der Waals surface area contributed by atoms with Crippen LogP contribution in [0.15, 0.2) is 24.5 Å². The minimum Gasteiger partial charge on any atom is -0.481 e. The van der Waals surface area contributed by atoms with E-state index in [4.69, 9.17) is 5.11 Å². The summed E-state index contributed by atoms with van der Waals surface area (Å²) in [7, 11) is 3.90. The monoisotopic (exact) mass is 219 g/mol. The first kappa shape index (κ1) is 10.5. The van der Waals surface area contributed by atoms with E-state index in [9.17, 15) is 4.79 Å². The van der Waals surface area contributed by atoms with Crippen LogP contribution >= 0.6 is 0 Å². The minimum atomic E-state index is -0.849. The van der Waals surface area contributed by atoms with E-state index in [1.165, 1.54) is 0 Å². The zero-order valence-corrected chi connectivity index (χ0v) is 9.21. The lowest BCUT2D eigenvalue weighted by Crippen LogP contribution is -2.09. The highest BCUT2D eigenvalue weighted by Gasteiger charge is 2.07. The Morgan fingerprint density at radius 3 is 2.94 bits per heavy atom. The number of anilines is 1. The van der Waals surface area contributed by atoms with Crippen LogP contribution < -0.4 is 4.90 Å². The van der Waals surface area contributed by atoms with Gasteiger partial charge in [0.05, 0.1) is 12.1 Å². The maximum absolute atomic E-state index is 10.6. The van der Waals surface area contributed by atoms with E-state index >= 15 is 0 Å². The topological polar surface area (TPSA) is 57.8 Å². The van der Waals surface area contributed by atoms with E-state index in [1.54, 1.807) is 10.6 Å². The quantitative estimate of drug-likeness (QED) is 0.837. The van der Waals surface area contributed by atoms with Crippen molar-refractivity contribution in [2.24, 2.45) is 0 Å². The first-order valence-electron chi connectivity index (χ1n) is 4.93. The molecule has 0 spiro atoms. The number of hydrogen-bond donors (Lipinski definition) is 1. The lowest BCUT2D eigenvalue weighted by molar-refractivity contribution is -0.136. The number of carboxylic acid groups (broad SMARTS) is 1. The smallest absolute Gasteiger partial charge is 0.309 e. The number of carbonyl (C=O) groups is 1. The van der Waals surface area contributed by atoms with Crippen LogP contribution in [0.1, 0.15) is 5.69 Å². The third-order valence-electron chi connectivity index (χ3n) is 2.42. The van der Waals surface area contributed by atoms with Gasteiger partial charge in [0, 0.05) is 38.2 Å². The zero-order chi connectivity index (χ0) is 11.7. The predicted molar refractivity (Wildman–Crippen MR) is 60.9 cm³/mol. The van der Waals surface area contributed by atoms with E-state index in [0.29, 0.717) is 5.69 Å². The second-order valence-corrected chi connectivity index (χ2v) is 3.83. The fourth-order valence-electron chi connectivity index (χ4n) is 1.59. The van der Waals surface area contributed by atoms with Gasteiger partial charge in [-0.25, -0.2) is 4.98 Å². The summed E-state index contributed by atoms with van der Waals surface area (Å²) >= 11 is 0. The first-order chi connectivity index (χ1) is 7.58. The van der Waals surface area contributed by atoms with E-state index < -0.39 is 5.97 Å². The third-order valence-corrected chi connectivity index (χ3v) is 2.42. The zero-order valence-electron chi connectivity index (χ0n) is 9.21. The largest absolute Gasteiger partial charge is 0.481 e. The second kappa shape index (κ2) is 3.84. The molecule has 5 heteroatoms. The van der Waals surface area contributed by atoms with Crippen molar-refractivity contribution in [2.45, 2.75) is 6.42 Å². The van der Waals surface area contributed by atoms with Gasteiger partial charge in [0.15, 0.2) is 0 Å². The molecule has 0 fully saturated rings. The molecule has 2 heterocycles. The van der Waals surface area contributed by atoms with Crippen molar-refractivity contribution in [3.63, 3.8) is 0 Å². The van der Waals surface area contributed by atoms with Gasteiger partial charge in [0.2, 0.25) is 0 Å². The molecule has 0 aliphatic heterocycles. The van der Waals surface area contributed by atoms with Gasteiger partial charge in [0.1, 0.15) is 5.65 Å². The van der Waals surface area contributed by atoms with Crippen LogP contribution in [0.2, 0.25) is 0 Å². The molecule has 0 unspecified atom stereocenters. The Balaban J connectivity index is 2.46. The number of rotatable bonds is 3. The fourth-order valence-corrected chi connectivity index (χ4v) is 1.59. The van der Waals surface area contributed by atoms with Crippen molar-refractivity contribution in [3.8, 4) is 0 Å². The van der Waals surface area contributed by atoms with Gasteiger partial charge in [-0.1, -0.05) is 0 Å². The maximum atomic E-state index is 10.6. The van der Waals surface area contributed by atoms with Crippen LogP contribution in [0, 0.1) is 0 Å². The third kappa shape index (κ3) is 1.84. The van der Waals surface area contributed by atoms with Gasteiger partial charge in [-0.2, -0.15) is 0 Å². The van der Waals surface area contributed by atoms with Crippen molar-refractivity contribution in [2.75, 3.05) is 19.0 Å². The lowest BCUT2D eigenvalue weighted by Gasteiger charge is -2.12.